The van der Waals surface area contributed by atoms with Crippen LogP contribution < -0.4 is 5.32 Å². The molecule has 2 rings (SSSR count). The number of hydrogen-bond acceptors (Lipinski definition) is 2. The maximum atomic E-state index is 3.93. The van der Waals surface area contributed by atoms with Crippen LogP contribution in [0.25, 0.3) is 0 Å². The molecule has 0 amide bonds. The molecule has 2 heteroatoms. The van der Waals surface area contributed by atoms with E-state index in [0.717, 1.165) is 18.0 Å². The van der Waals surface area contributed by atoms with Gasteiger partial charge in [-0.15, -0.1) is 0 Å². The molecule has 124 valence electrons. The minimum atomic E-state index is 0.375. The first-order valence-electron chi connectivity index (χ1n) is 9.61. The van der Waals surface area contributed by atoms with E-state index in [-0.39, 0.29) is 0 Å². The van der Waals surface area contributed by atoms with Crippen LogP contribution in [0.15, 0.2) is 0 Å². The molecule has 21 heavy (non-hydrogen) atoms. The van der Waals surface area contributed by atoms with Gasteiger partial charge in [-0.2, -0.15) is 0 Å². The smallest absolute Gasteiger partial charge is 0.0304 e. The average molecular weight is 295 g/mol. The molecule has 1 unspecified atom stereocenters. The van der Waals surface area contributed by atoms with Crippen LogP contribution in [0.5, 0.6) is 0 Å². The van der Waals surface area contributed by atoms with Gasteiger partial charge in [-0.25, -0.2) is 0 Å². The molecular weight excluding hydrogens is 256 g/mol. The number of nitrogens with one attached hydrogen (secondary N) is 1. The molecule has 0 spiro atoms. The van der Waals surface area contributed by atoms with Gasteiger partial charge in [-0.1, -0.05) is 53.4 Å². The van der Waals surface area contributed by atoms with Gasteiger partial charge in [0, 0.05) is 30.7 Å². The van der Waals surface area contributed by atoms with Crippen molar-refractivity contribution in [3.63, 3.8) is 0 Å². The lowest BCUT2D eigenvalue weighted by atomic mass is 9.85. The Morgan fingerprint density at radius 3 is 2.19 bits per heavy atom. The lowest BCUT2D eigenvalue weighted by Crippen LogP contribution is -2.66. The van der Waals surface area contributed by atoms with Gasteiger partial charge < -0.3 is 5.32 Å². The molecule has 2 aliphatic rings. The van der Waals surface area contributed by atoms with Gasteiger partial charge in [0.05, 0.1) is 0 Å². The highest BCUT2D eigenvalue weighted by Crippen LogP contribution is 2.31. The Bertz CT molecular complexity index is 286. The maximum absolute atomic E-state index is 3.93. The van der Waals surface area contributed by atoms with E-state index in [1.54, 1.807) is 0 Å². The van der Waals surface area contributed by atoms with Crippen molar-refractivity contribution >= 4 is 0 Å². The van der Waals surface area contributed by atoms with E-state index >= 15 is 0 Å². The minimum absolute atomic E-state index is 0.375. The molecule has 1 atom stereocenters. The van der Waals surface area contributed by atoms with Gasteiger partial charge in [0.15, 0.2) is 0 Å². The molecule has 1 heterocycles. The third-order valence-corrected chi connectivity index (χ3v) is 6.06. The van der Waals surface area contributed by atoms with Crippen LogP contribution in [0, 0.1) is 5.92 Å². The fraction of sp³-hybridized carbons (Fsp3) is 1.00. The van der Waals surface area contributed by atoms with E-state index < -0.39 is 0 Å². The zero-order valence-corrected chi connectivity index (χ0v) is 15.0. The third-order valence-electron chi connectivity index (χ3n) is 6.06. The summed E-state index contributed by atoms with van der Waals surface area (Å²) in [6, 6.07) is 1.62. The van der Waals surface area contributed by atoms with E-state index in [4.69, 9.17) is 0 Å². The average Bonchev–Trinajstić information content (AvgIpc) is 2.76. The van der Waals surface area contributed by atoms with Gasteiger partial charge in [-0.05, 0) is 38.0 Å². The summed E-state index contributed by atoms with van der Waals surface area (Å²) in [5.74, 6) is 0.806. The molecule has 0 aromatic carbocycles. The number of piperazine rings is 1. The minimum Gasteiger partial charge on any atom is -0.308 e. The second-order valence-corrected chi connectivity index (χ2v) is 7.97. The van der Waals surface area contributed by atoms with Gasteiger partial charge in [0.1, 0.15) is 0 Å². The summed E-state index contributed by atoms with van der Waals surface area (Å²) >= 11 is 0. The van der Waals surface area contributed by atoms with Crippen LogP contribution in [-0.4, -0.2) is 35.6 Å². The summed E-state index contributed by atoms with van der Waals surface area (Å²) in [6.45, 7) is 12.0. The highest BCUT2D eigenvalue weighted by atomic mass is 15.3. The largest absolute Gasteiger partial charge is 0.308 e. The number of rotatable bonds is 5. The summed E-state index contributed by atoms with van der Waals surface area (Å²) < 4.78 is 0. The molecule has 2 nitrogen and oxygen atoms in total. The van der Waals surface area contributed by atoms with E-state index in [0.29, 0.717) is 5.54 Å². The first-order valence-corrected chi connectivity index (χ1v) is 9.61. The molecular formula is C19H38N2. The Hall–Kier alpha value is -0.0800. The van der Waals surface area contributed by atoms with Gasteiger partial charge >= 0.3 is 0 Å². The fourth-order valence-corrected chi connectivity index (χ4v) is 4.49. The molecule has 1 saturated heterocycles. The summed E-state index contributed by atoms with van der Waals surface area (Å²) in [5, 5.41) is 3.93. The predicted octanol–water partition coefficient (Wildman–Crippen LogP) is 4.59. The molecule has 1 N–H and O–H groups in total. The highest BCUT2D eigenvalue weighted by Gasteiger charge is 2.39. The fourth-order valence-electron chi connectivity index (χ4n) is 4.49. The van der Waals surface area contributed by atoms with Crippen molar-refractivity contribution in [2.24, 2.45) is 5.92 Å². The van der Waals surface area contributed by atoms with E-state index in [9.17, 15) is 0 Å². The summed E-state index contributed by atoms with van der Waals surface area (Å²) in [5.41, 5.74) is 0.375. The van der Waals surface area contributed by atoms with Crippen molar-refractivity contribution in [2.75, 3.05) is 13.1 Å². The van der Waals surface area contributed by atoms with Crippen molar-refractivity contribution in [2.45, 2.75) is 103 Å². The highest BCUT2D eigenvalue weighted by molar-refractivity contribution is 4.99. The maximum Gasteiger partial charge on any atom is 0.0304 e. The molecule has 2 fully saturated rings. The Balaban J connectivity index is 2.11. The Morgan fingerprint density at radius 2 is 1.67 bits per heavy atom. The van der Waals surface area contributed by atoms with Crippen molar-refractivity contribution in [1.82, 2.24) is 10.2 Å². The second-order valence-electron chi connectivity index (χ2n) is 7.97. The zero-order valence-electron chi connectivity index (χ0n) is 15.0. The Labute approximate surface area is 133 Å². The van der Waals surface area contributed by atoms with Crippen molar-refractivity contribution in [3.05, 3.63) is 0 Å². The standard InChI is InChI=1S/C19H38N2/c1-5-19(6-2)15-21(17-11-9-7-8-10-12-17)18(14-20-19)13-16(3)4/h16-18,20H,5-15H2,1-4H3. The van der Waals surface area contributed by atoms with Crippen molar-refractivity contribution in [1.29, 1.82) is 0 Å². The van der Waals surface area contributed by atoms with E-state index in [1.807, 2.05) is 0 Å². The van der Waals surface area contributed by atoms with Crippen molar-refractivity contribution in [3.8, 4) is 0 Å². The van der Waals surface area contributed by atoms with E-state index in [2.05, 4.69) is 37.9 Å². The monoisotopic (exact) mass is 294 g/mol. The molecule has 0 aromatic rings. The number of hydrogen-bond donors (Lipinski definition) is 1. The summed E-state index contributed by atoms with van der Waals surface area (Å²) in [7, 11) is 0. The van der Waals surface area contributed by atoms with Gasteiger partial charge in [-0.3, -0.25) is 4.90 Å². The lowest BCUT2D eigenvalue weighted by Gasteiger charge is -2.51. The normalized spacial score (nSPS) is 28.7. The summed E-state index contributed by atoms with van der Waals surface area (Å²) in [6.07, 6.45) is 12.6. The first-order chi connectivity index (χ1) is 10.1. The van der Waals surface area contributed by atoms with Crippen LogP contribution >= 0.6 is 0 Å². The topological polar surface area (TPSA) is 15.3 Å². The van der Waals surface area contributed by atoms with Gasteiger partial charge in [0.25, 0.3) is 0 Å². The first kappa shape index (κ1) is 17.3. The quantitative estimate of drug-likeness (QED) is 0.746. The Kier molecular flexibility index (Phi) is 6.55. The zero-order chi connectivity index (χ0) is 15.3. The molecule has 1 saturated carbocycles. The van der Waals surface area contributed by atoms with Crippen LogP contribution in [0.1, 0.15) is 85.5 Å². The van der Waals surface area contributed by atoms with E-state index in [1.165, 1.54) is 70.9 Å². The van der Waals surface area contributed by atoms with Crippen LogP contribution in [0.3, 0.4) is 0 Å². The second kappa shape index (κ2) is 7.97. The molecule has 1 aliphatic carbocycles. The van der Waals surface area contributed by atoms with Crippen LogP contribution in [-0.2, 0) is 0 Å². The molecule has 0 aromatic heterocycles. The molecule has 0 bridgehead atoms. The van der Waals surface area contributed by atoms with Crippen LogP contribution in [0.2, 0.25) is 0 Å². The molecule has 1 aliphatic heterocycles. The lowest BCUT2D eigenvalue weighted by molar-refractivity contribution is 0.0223. The van der Waals surface area contributed by atoms with Crippen LogP contribution in [0.4, 0.5) is 0 Å². The SMILES string of the molecule is CCC1(CC)CN(C2CCCCCC2)C(CC(C)C)CN1. The summed E-state index contributed by atoms with van der Waals surface area (Å²) in [4.78, 5) is 2.94. The van der Waals surface area contributed by atoms with Gasteiger partial charge in [0.2, 0.25) is 0 Å². The molecule has 0 radical (unpaired) electrons. The number of nitrogens with zero attached hydrogens (tertiary/aromatic N) is 1. The third kappa shape index (κ3) is 4.45. The Morgan fingerprint density at radius 1 is 1.05 bits per heavy atom. The van der Waals surface area contributed by atoms with Crippen molar-refractivity contribution < 1.29 is 0 Å². The predicted molar refractivity (Wildman–Crippen MR) is 92.8 cm³/mol.